The molecule has 4 heterocycles. The summed E-state index contributed by atoms with van der Waals surface area (Å²) in [7, 11) is 1.49. The fourth-order valence-electron chi connectivity index (χ4n) is 5.02. The Morgan fingerprint density at radius 2 is 1.89 bits per heavy atom. The lowest BCUT2D eigenvalue weighted by molar-refractivity contribution is -0.384. The molecule has 2 atom stereocenters. The van der Waals surface area contributed by atoms with E-state index in [1.54, 1.807) is 30.7 Å². The maximum Gasteiger partial charge on any atom is 0.296 e. The highest BCUT2D eigenvalue weighted by molar-refractivity contribution is 7.80. The van der Waals surface area contributed by atoms with Crippen LogP contribution < -0.4 is 10.1 Å². The minimum atomic E-state index is -0.380. The van der Waals surface area contributed by atoms with Crippen LogP contribution in [0.4, 0.5) is 5.69 Å². The van der Waals surface area contributed by atoms with E-state index in [0.29, 0.717) is 23.1 Å². The quantitative estimate of drug-likeness (QED) is 0.210. The van der Waals surface area contributed by atoms with Crippen molar-refractivity contribution in [2.45, 2.75) is 32.5 Å². The molecule has 0 saturated carbocycles. The van der Waals surface area contributed by atoms with E-state index in [0.717, 1.165) is 28.2 Å². The van der Waals surface area contributed by atoms with Gasteiger partial charge in [0.2, 0.25) is 0 Å². The summed E-state index contributed by atoms with van der Waals surface area (Å²) in [6, 6.07) is 16.4. The fourth-order valence-corrected chi connectivity index (χ4v) is 5.33. The Labute approximate surface area is 219 Å². The molecule has 1 N–H and O–H groups in total. The molecule has 0 radical (unpaired) electrons. The summed E-state index contributed by atoms with van der Waals surface area (Å²) in [4.78, 5) is 22.5. The van der Waals surface area contributed by atoms with Gasteiger partial charge in [-0.1, -0.05) is 6.07 Å². The number of nitro groups is 1. The van der Waals surface area contributed by atoms with Gasteiger partial charge in [0, 0.05) is 36.5 Å². The SMILES string of the molecule is COc1ccc(-n2c(C)cc([C@@H]3[C@H](c4ccccn4)NC(=S)N3Cc3ccncc3)c2C)c([N+](=O)[O-])c1. The third-order valence-corrected chi connectivity index (χ3v) is 7.06. The van der Waals surface area contributed by atoms with Gasteiger partial charge < -0.3 is 19.5 Å². The summed E-state index contributed by atoms with van der Waals surface area (Å²) in [6.07, 6.45) is 5.30. The minimum absolute atomic E-state index is 0.0253. The number of nitrogens with one attached hydrogen (secondary N) is 1. The first kappa shape index (κ1) is 24.4. The van der Waals surface area contributed by atoms with Crippen LogP contribution in [-0.4, -0.2) is 36.6 Å². The molecule has 0 amide bonds. The second-order valence-corrected chi connectivity index (χ2v) is 9.27. The predicted octanol–water partition coefficient (Wildman–Crippen LogP) is 4.97. The molecule has 37 heavy (non-hydrogen) atoms. The van der Waals surface area contributed by atoms with E-state index in [1.807, 2.05) is 48.7 Å². The second-order valence-electron chi connectivity index (χ2n) is 8.88. The Hall–Kier alpha value is -4.31. The Morgan fingerprint density at radius 1 is 1.11 bits per heavy atom. The number of aromatic nitrogens is 3. The van der Waals surface area contributed by atoms with Crippen molar-refractivity contribution in [3.05, 3.63) is 112 Å². The molecule has 1 fully saturated rings. The topological polar surface area (TPSA) is 98.3 Å². The summed E-state index contributed by atoms with van der Waals surface area (Å²) in [6.45, 7) is 4.51. The lowest BCUT2D eigenvalue weighted by atomic mass is 9.96. The van der Waals surface area contributed by atoms with E-state index in [2.05, 4.69) is 26.3 Å². The molecule has 3 aromatic heterocycles. The van der Waals surface area contributed by atoms with Crippen molar-refractivity contribution in [2.75, 3.05) is 7.11 Å². The van der Waals surface area contributed by atoms with Gasteiger partial charge in [-0.2, -0.15) is 0 Å². The monoisotopic (exact) mass is 514 g/mol. The summed E-state index contributed by atoms with van der Waals surface area (Å²) in [5.41, 5.74) is 5.18. The number of nitro benzene ring substituents is 1. The minimum Gasteiger partial charge on any atom is -0.496 e. The number of rotatable bonds is 7. The Morgan fingerprint density at radius 3 is 2.57 bits per heavy atom. The molecule has 0 spiro atoms. The maximum atomic E-state index is 12.0. The van der Waals surface area contributed by atoms with Crippen molar-refractivity contribution in [3.63, 3.8) is 0 Å². The smallest absolute Gasteiger partial charge is 0.296 e. The summed E-state index contributed by atoms with van der Waals surface area (Å²) < 4.78 is 7.16. The van der Waals surface area contributed by atoms with Gasteiger partial charge in [-0.3, -0.25) is 20.1 Å². The van der Waals surface area contributed by atoms with E-state index in [4.69, 9.17) is 17.0 Å². The van der Waals surface area contributed by atoms with Crippen LogP contribution in [0.1, 0.15) is 40.3 Å². The summed E-state index contributed by atoms with van der Waals surface area (Å²) >= 11 is 5.81. The van der Waals surface area contributed by atoms with E-state index < -0.39 is 0 Å². The molecule has 1 aliphatic heterocycles. The Bertz CT molecular complexity index is 1460. The van der Waals surface area contributed by atoms with Crippen LogP contribution in [0.3, 0.4) is 0 Å². The Balaban J connectivity index is 1.65. The number of hydrogen-bond acceptors (Lipinski definition) is 6. The molecule has 1 aliphatic rings. The van der Waals surface area contributed by atoms with Gasteiger partial charge in [-0.15, -0.1) is 0 Å². The van der Waals surface area contributed by atoms with Crippen molar-refractivity contribution < 1.29 is 9.66 Å². The maximum absolute atomic E-state index is 12.0. The highest BCUT2D eigenvalue weighted by atomic mass is 32.1. The fraction of sp³-hybridized carbons (Fsp3) is 0.222. The number of ether oxygens (including phenoxy) is 1. The third-order valence-electron chi connectivity index (χ3n) is 6.71. The number of aryl methyl sites for hydroxylation is 1. The number of methoxy groups -OCH3 is 1. The highest BCUT2D eigenvalue weighted by Crippen LogP contribution is 2.43. The van der Waals surface area contributed by atoms with Gasteiger partial charge in [0.15, 0.2) is 5.11 Å². The van der Waals surface area contributed by atoms with Crippen LogP contribution in [0, 0.1) is 24.0 Å². The van der Waals surface area contributed by atoms with Crippen molar-refractivity contribution in [1.82, 2.24) is 24.8 Å². The molecule has 5 rings (SSSR count). The normalized spacial score (nSPS) is 17.1. The van der Waals surface area contributed by atoms with Crippen molar-refractivity contribution in [3.8, 4) is 11.4 Å². The number of thiocarbonyl (C=S) groups is 1. The van der Waals surface area contributed by atoms with E-state index >= 15 is 0 Å². The van der Waals surface area contributed by atoms with Crippen LogP contribution in [0.2, 0.25) is 0 Å². The number of hydrogen-bond donors (Lipinski definition) is 1. The van der Waals surface area contributed by atoms with Gasteiger partial charge in [0.1, 0.15) is 11.4 Å². The molecule has 0 aliphatic carbocycles. The standard InChI is InChI=1S/C27H26N6O3S/c1-17-14-21(18(2)32(17)23-8-7-20(36-3)15-24(23)33(34)35)26-25(22-6-4-5-11-29-22)30-27(37)31(26)16-19-9-12-28-13-10-19/h4-15,25-26H,16H2,1-3H3,(H,30,37)/t25-,26+/m0/s1. The van der Waals surface area contributed by atoms with E-state index in [-0.39, 0.29) is 22.7 Å². The van der Waals surface area contributed by atoms with Crippen molar-refractivity contribution in [2.24, 2.45) is 0 Å². The van der Waals surface area contributed by atoms with Gasteiger partial charge in [-0.25, -0.2) is 0 Å². The molecule has 188 valence electrons. The summed E-state index contributed by atoms with van der Waals surface area (Å²) in [5.74, 6) is 0.433. The predicted molar refractivity (Wildman–Crippen MR) is 144 cm³/mol. The highest BCUT2D eigenvalue weighted by Gasteiger charge is 2.41. The van der Waals surface area contributed by atoms with Crippen LogP contribution in [0.15, 0.2) is 73.2 Å². The summed E-state index contributed by atoms with van der Waals surface area (Å²) in [5, 5.41) is 16.1. The van der Waals surface area contributed by atoms with Crippen LogP contribution in [0.25, 0.3) is 5.69 Å². The largest absolute Gasteiger partial charge is 0.496 e. The first-order chi connectivity index (χ1) is 17.9. The molecule has 1 saturated heterocycles. The zero-order valence-electron chi connectivity index (χ0n) is 20.7. The van der Waals surface area contributed by atoms with Crippen molar-refractivity contribution >= 4 is 23.0 Å². The van der Waals surface area contributed by atoms with Gasteiger partial charge >= 0.3 is 0 Å². The molecular formula is C27H26N6O3S. The van der Waals surface area contributed by atoms with Gasteiger partial charge in [0.05, 0.1) is 35.9 Å². The Kier molecular flexibility index (Phi) is 6.58. The first-order valence-electron chi connectivity index (χ1n) is 11.8. The molecule has 4 aromatic rings. The third kappa shape index (κ3) is 4.51. The lowest BCUT2D eigenvalue weighted by Gasteiger charge is -2.28. The van der Waals surface area contributed by atoms with Crippen molar-refractivity contribution in [1.29, 1.82) is 0 Å². The number of benzene rings is 1. The number of pyridine rings is 2. The second kappa shape index (κ2) is 9.98. The molecular weight excluding hydrogens is 488 g/mol. The molecule has 1 aromatic carbocycles. The van der Waals surface area contributed by atoms with Gasteiger partial charge in [-0.05, 0) is 79.7 Å². The average molecular weight is 515 g/mol. The lowest BCUT2D eigenvalue weighted by Crippen LogP contribution is -2.29. The molecule has 9 nitrogen and oxygen atoms in total. The molecule has 0 bridgehead atoms. The van der Waals surface area contributed by atoms with E-state index in [1.165, 1.54) is 13.2 Å². The zero-order valence-corrected chi connectivity index (χ0v) is 21.5. The van der Waals surface area contributed by atoms with Crippen LogP contribution in [0.5, 0.6) is 5.75 Å². The first-order valence-corrected chi connectivity index (χ1v) is 12.2. The molecule has 10 heteroatoms. The average Bonchev–Trinajstić information content (AvgIpc) is 3.39. The molecule has 0 unspecified atom stereocenters. The zero-order chi connectivity index (χ0) is 26.1. The van der Waals surface area contributed by atoms with Crippen LogP contribution >= 0.6 is 12.2 Å². The van der Waals surface area contributed by atoms with Gasteiger partial charge in [0.25, 0.3) is 5.69 Å². The van der Waals surface area contributed by atoms with E-state index in [9.17, 15) is 10.1 Å². The van der Waals surface area contributed by atoms with Crippen LogP contribution in [-0.2, 0) is 6.54 Å². The number of nitrogens with zero attached hydrogens (tertiary/aromatic N) is 5.